The van der Waals surface area contributed by atoms with Crippen molar-refractivity contribution in [2.45, 2.75) is 26.4 Å². The van der Waals surface area contributed by atoms with E-state index < -0.39 is 30.4 Å². The molecule has 0 bridgehead atoms. The van der Waals surface area contributed by atoms with Gasteiger partial charge in [0.25, 0.3) is 6.79 Å². The van der Waals surface area contributed by atoms with Crippen molar-refractivity contribution < 1.29 is 34.0 Å². The number of rotatable bonds is 5. The molecule has 0 aromatic rings. The fraction of sp³-hybridized carbons (Fsp3) is 0.800. The highest BCUT2D eigenvalue weighted by Crippen LogP contribution is 2.15. The van der Waals surface area contributed by atoms with Gasteiger partial charge in [-0.1, -0.05) is 0 Å². The second-order valence-electron chi connectivity index (χ2n) is 5.10. The van der Waals surface area contributed by atoms with Crippen molar-refractivity contribution in [3.8, 4) is 0 Å². The van der Waals surface area contributed by atoms with Crippen molar-refractivity contribution >= 4 is 12.1 Å². The van der Waals surface area contributed by atoms with Crippen LogP contribution in [0.15, 0.2) is 5.28 Å². The first-order chi connectivity index (χ1) is 9.19. The molecule has 0 spiro atoms. The number of aliphatic carboxylic acids is 1. The van der Waals surface area contributed by atoms with E-state index in [2.05, 4.69) is 14.9 Å². The van der Waals surface area contributed by atoms with Crippen LogP contribution in [0, 0.1) is 11.1 Å². The van der Waals surface area contributed by atoms with E-state index in [9.17, 15) is 14.8 Å². The van der Waals surface area contributed by atoms with E-state index in [0.717, 1.165) is 5.01 Å². The molecule has 0 unspecified atom stereocenters. The third-order valence-electron chi connectivity index (χ3n) is 2.20. The molecule has 1 aliphatic heterocycles. The van der Waals surface area contributed by atoms with Crippen LogP contribution in [-0.4, -0.2) is 52.7 Å². The Morgan fingerprint density at radius 1 is 1.45 bits per heavy atom. The molecule has 1 N–H and O–H groups in total. The molecule has 0 aromatic heterocycles. The average molecular weight is 291 g/mol. The smallest absolute Gasteiger partial charge is 0.511 e. The topological polar surface area (TPSA) is 124 Å². The molecule has 0 radical (unpaired) electrons. The van der Waals surface area contributed by atoms with Gasteiger partial charge in [-0.2, -0.15) is 0 Å². The normalized spacial score (nSPS) is 16.4. The molecular weight excluding hydrogens is 274 g/mol. The van der Waals surface area contributed by atoms with Crippen LogP contribution < -0.4 is 0 Å². The average Bonchev–Trinajstić information content (AvgIpc) is 2.19. The van der Waals surface area contributed by atoms with Crippen LogP contribution in [0.1, 0.15) is 20.8 Å². The molecule has 10 nitrogen and oxygen atoms in total. The lowest BCUT2D eigenvalue weighted by atomic mass is 10.0. The van der Waals surface area contributed by atoms with Crippen LogP contribution in [0.25, 0.3) is 0 Å². The molecule has 0 aromatic carbocycles. The minimum atomic E-state index is -0.969. The maximum Gasteiger partial charge on any atom is 0.511 e. The third kappa shape index (κ3) is 5.16. The maximum absolute atomic E-state index is 11.3. The molecule has 0 aliphatic carbocycles. The lowest BCUT2D eigenvalue weighted by Gasteiger charge is -2.30. The number of hydrazine groups is 1. The Kier molecular flexibility index (Phi) is 4.94. The van der Waals surface area contributed by atoms with E-state index in [1.807, 2.05) is 0 Å². The number of carbonyl (C=O) groups excluding carboxylic acids is 1. The van der Waals surface area contributed by atoms with Gasteiger partial charge in [-0.25, -0.2) is 4.79 Å². The van der Waals surface area contributed by atoms with Gasteiger partial charge in [0.15, 0.2) is 0 Å². The molecule has 10 heteroatoms. The van der Waals surface area contributed by atoms with Crippen molar-refractivity contribution in [1.82, 2.24) is 5.01 Å². The minimum Gasteiger partial charge on any atom is -0.569 e. The zero-order valence-electron chi connectivity index (χ0n) is 11.4. The maximum atomic E-state index is 11.3. The predicted octanol–water partition coefficient (Wildman–Crippen LogP) is 0.721. The summed E-state index contributed by atoms with van der Waals surface area (Å²) in [6.07, 6.45) is -0.944. The van der Waals surface area contributed by atoms with E-state index in [-0.39, 0.29) is 18.1 Å². The Labute approximate surface area is 115 Å². The Morgan fingerprint density at radius 3 is 2.55 bits per heavy atom. The first kappa shape index (κ1) is 15.8. The first-order valence-electron chi connectivity index (χ1n) is 5.82. The Bertz CT molecular complexity index is 398. The van der Waals surface area contributed by atoms with Crippen molar-refractivity contribution in [1.29, 1.82) is 0 Å². The first-order valence-corrected chi connectivity index (χ1v) is 5.82. The van der Waals surface area contributed by atoms with Gasteiger partial charge in [0.05, 0.1) is 18.1 Å². The second kappa shape index (κ2) is 6.26. The van der Waals surface area contributed by atoms with Crippen LogP contribution in [0.2, 0.25) is 0 Å². The summed E-state index contributed by atoms with van der Waals surface area (Å²) in [5.74, 6) is -1.55. The summed E-state index contributed by atoms with van der Waals surface area (Å²) in [5.41, 5.74) is -0.692. The molecule has 114 valence electrons. The van der Waals surface area contributed by atoms with Crippen LogP contribution in [0.4, 0.5) is 4.79 Å². The van der Waals surface area contributed by atoms with Crippen LogP contribution in [0.3, 0.4) is 0 Å². The molecule has 0 saturated carbocycles. The molecule has 0 amide bonds. The van der Waals surface area contributed by atoms with Gasteiger partial charge >= 0.3 is 12.1 Å². The largest absolute Gasteiger partial charge is 0.569 e. The Hall–Kier alpha value is -2.26. The van der Waals surface area contributed by atoms with Crippen molar-refractivity contribution in [2.24, 2.45) is 11.2 Å². The lowest BCUT2D eigenvalue weighted by Crippen LogP contribution is -2.53. The number of nitrogens with zero attached hydrogens (tertiary/aromatic N) is 3. The Morgan fingerprint density at radius 2 is 2.05 bits per heavy atom. The summed E-state index contributed by atoms with van der Waals surface area (Å²) in [7, 11) is 0. The van der Waals surface area contributed by atoms with Crippen molar-refractivity contribution in [3.05, 3.63) is 5.21 Å². The quantitative estimate of drug-likeness (QED) is 0.196. The van der Waals surface area contributed by atoms with Crippen molar-refractivity contribution in [3.63, 3.8) is 0 Å². The Balaban J connectivity index is 2.19. The van der Waals surface area contributed by atoms with E-state index in [0.29, 0.717) is 0 Å². The molecule has 0 atom stereocenters. The highest BCUT2D eigenvalue weighted by atomic mass is 16.8. The summed E-state index contributed by atoms with van der Waals surface area (Å²) < 4.78 is 9.32. The highest BCUT2D eigenvalue weighted by Gasteiger charge is 2.38. The number of ether oxygens (including phenoxy) is 2. The van der Waals surface area contributed by atoms with E-state index in [1.165, 1.54) is 0 Å². The number of carboxylic acids is 1. The molecule has 1 aliphatic rings. The minimum absolute atomic E-state index is 0.0542. The molecule has 1 saturated heterocycles. The molecule has 1 fully saturated rings. The van der Waals surface area contributed by atoms with E-state index >= 15 is 0 Å². The monoisotopic (exact) mass is 291 g/mol. The standard InChI is InChI=1S/C10H17N3O7/c1-10(2,3)20-9(16)18-6-19-11-13(17)12-4-7(5-12)8(14)15/h7H,4-6H2,1-3H3,(H,14,15)/b13-11-. The van der Waals surface area contributed by atoms with Gasteiger partial charge in [0.1, 0.15) is 11.5 Å². The summed E-state index contributed by atoms with van der Waals surface area (Å²) >= 11 is 0. The number of carbonyl (C=O) groups is 2. The predicted molar refractivity (Wildman–Crippen MR) is 62.0 cm³/mol. The SMILES string of the molecule is CC(C)(C)OC(=O)OCO/N=[N+](\[O-])N1CC(C(=O)O)C1. The zero-order valence-corrected chi connectivity index (χ0v) is 11.4. The molecule has 20 heavy (non-hydrogen) atoms. The lowest BCUT2D eigenvalue weighted by molar-refractivity contribution is -0.726. The summed E-state index contributed by atoms with van der Waals surface area (Å²) in [4.78, 5) is 26.2. The fourth-order valence-corrected chi connectivity index (χ4v) is 1.23. The molecule has 1 heterocycles. The van der Waals surface area contributed by atoms with E-state index in [1.54, 1.807) is 20.8 Å². The number of hydrogen-bond donors (Lipinski definition) is 1. The van der Waals surface area contributed by atoms with Gasteiger partial charge in [-0.15, -0.1) is 5.01 Å². The van der Waals surface area contributed by atoms with Crippen molar-refractivity contribution in [2.75, 3.05) is 19.9 Å². The van der Waals surface area contributed by atoms with Gasteiger partial charge in [-0.3, -0.25) is 4.79 Å². The van der Waals surface area contributed by atoms with Crippen LogP contribution in [-0.2, 0) is 19.1 Å². The summed E-state index contributed by atoms with van der Waals surface area (Å²) in [5, 5.41) is 24.1. The van der Waals surface area contributed by atoms with E-state index in [4.69, 9.17) is 9.84 Å². The van der Waals surface area contributed by atoms with Gasteiger partial charge in [0, 0.05) is 0 Å². The highest BCUT2D eigenvalue weighted by molar-refractivity contribution is 5.71. The summed E-state index contributed by atoms with van der Waals surface area (Å²) in [6.45, 7) is 4.53. The molecular formula is C10H17N3O7. The van der Waals surface area contributed by atoms with Crippen LogP contribution >= 0.6 is 0 Å². The van der Waals surface area contributed by atoms with Gasteiger partial charge in [0.2, 0.25) is 5.28 Å². The summed E-state index contributed by atoms with van der Waals surface area (Å²) in [6, 6.07) is 0. The van der Waals surface area contributed by atoms with Gasteiger partial charge in [-0.05, 0) is 20.8 Å². The fourth-order valence-electron chi connectivity index (χ4n) is 1.23. The zero-order chi connectivity index (χ0) is 15.3. The third-order valence-corrected chi connectivity index (χ3v) is 2.20. The molecule has 1 rings (SSSR count). The second-order valence-corrected chi connectivity index (χ2v) is 5.10. The number of hydrogen-bond acceptors (Lipinski definition) is 7. The number of carboxylic acid groups (broad SMARTS) is 1. The van der Waals surface area contributed by atoms with Crippen LogP contribution in [0.5, 0.6) is 0 Å². The van der Waals surface area contributed by atoms with Gasteiger partial charge < -0.3 is 24.6 Å².